The summed E-state index contributed by atoms with van der Waals surface area (Å²) in [5, 5.41) is 7.29. The zero-order valence-electron chi connectivity index (χ0n) is 15.6. The minimum absolute atomic E-state index is 0.0970. The summed E-state index contributed by atoms with van der Waals surface area (Å²) in [4.78, 5) is 13.0. The molecule has 150 valence electrons. The number of rotatable bonds is 5. The summed E-state index contributed by atoms with van der Waals surface area (Å²) in [6.45, 7) is 0.102. The van der Waals surface area contributed by atoms with Crippen LogP contribution in [0.3, 0.4) is 0 Å². The Balaban J connectivity index is 1.71. The largest absolute Gasteiger partial charge is 0.497 e. The van der Waals surface area contributed by atoms with Crippen molar-refractivity contribution in [1.82, 2.24) is 19.2 Å². The van der Waals surface area contributed by atoms with Crippen molar-refractivity contribution >= 4 is 15.9 Å². The van der Waals surface area contributed by atoms with Crippen LogP contribution >= 0.6 is 0 Å². The molecule has 1 aromatic heterocycles. The van der Waals surface area contributed by atoms with Crippen LogP contribution < -0.4 is 10.2 Å². The first-order valence-corrected chi connectivity index (χ1v) is 10.3. The molecule has 1 aliphatic rings. The molecule has 1 amide bonds. The van der Waals surface area contributed by atoms with Crippen LogP contribution in [0.2, 0.25) is 0 Å². The van der Waals surface area contributed by atoms with Crippen molar-refractivity contribution in [2.45, 2.75) is 23.9 Å². The molecule has 1 N–H and O–H groups in total. The van der Waals surface area contributed by atoms with E-state index in [1.54, 1.807) is 12.1 Å². The molecule has 0 radical (unpaired) electrons. The fraction of sp³-hybridized carbons (Fsp3) is 0.211. The summed E-state index contributed by atoms with van der Waals surface area (Å²) in [6.07, 6.45) is 2.92. The van der Waals surface area contributed by atoms with Gasteiger partial charge in [-0.3, -0.25) is 10.2 Å². The van der Waals surface area contributed by atoms with Gasteiger partial charge in [-0.1, -0.05) is 24.3 Å². The predicted octanol–water partition coefficient (Wildman–Crippen LogP) is 1.17. The maximum absolute atomic E-state index is 13.4. The van der Waals surface area contributed by atoms with E-state index in [9.17, 15) is 13.2 Å². The monoisotopic (exact) mass is 413 g/mol. The number of carbonyl (C=O) groups excluding carboxylic acids is 1. The average molecular weight is 413 g/mol. The summed E-state index contributed by atoms with van der Waals surface area (Å²) in [6, 6.07) is 12.7. The minimum Gasteiger partial charge on any atom is -0.497 e. The Morgan fingerprint density at radius 1 is 1.07 bits per heavy atom. The normalized spacial score (nSPS) is 16.8. The number of hydrogen-bond acceptors (Lipinski definition) is 6. The highest BCUT2D eigenvalue weighted by molar-refractivity contribution is 7.89. The summed E-state index contributed by atoms with van der Waals surface area (Å²) >= 11 is 0. The number of benzene rings is 2. The fourth-order valence-electron chi connectivity index (χ4n) is 3.32. The van der Waals surface area contributed by atoms with Gasteiger partial charge in [0.2, 0.25) is 10.0 Å². The quantitative estimate of drug-likeness (QED) is 0.673. The number of sulfonamides is 1. The highest BCUT2D eigenvalue weighted by Crippen LogP contribution is 2.30. The van der Waals surface area contributed by atoms with Crippen LogP contribution in [0.15, 0.2) is 66.1 Å². The lowest BCUT2D eigenvalue weighted by molar-refractivity contribution is -0.121. The number of nitrogens with zero attached hydrogens (tertiary/aromatic N) is 4. The van der Waals surface area contributed by atoms with E-state index in [4.69, 9.17) is 4.74 Å². The Morgan fingerprint density at radius 3 is 2.38 bits per heavy atom. The molecule has 2 heterocycles. The van der Waals surface area contributed by atoms with Crippen molar-refractivity contribution < 1.29 is 17.9 Å². The van der Waals surface area contributed by atoms with Crippen LogP contribution in [-0.2, 0) is 27.8 Å². The lowest BCUT2D eigenvalue weighted by Gasteiger charge is -2.35. The number of methoxy groups -OCH3 is 1. The first kappa shape index (κ1) is 19.1. The summed E-state index contributed by atoms with van der Waals surface area (Å²) in [7, 11) is -2.42. The molecule has 0 fully saturated rings. The molecular weight excluding hydrogens is 394 g/mol. The molecule has 9 nitrogen and oxygen atoms in total. The Morgan fingerprint density at radius 2 is 1.72 bits per heavy atom. The first-order chi connectivity index (χ1) is 14.0. The molecule has 2 aromatic carbocycles. The molecule has 1 unspecified atom stereocenters. The Hall–Kier alpha value is -3.24. The Labute approximate surface area is 168 Å². The molecule has 0 bridgehead atoms. The third kappa shape index (κ3) is 3.71. The summed E-state index contributed by atoms with van der Waals surface area (Å²) in [5.74, 6) is 0.0891. The van der Waals surface area contributed by atoms with Crippen molar-refractivity contribution in [1.29, 1.82) is 0 Å². The molecule has 29 heavy (non-hydrogen) atoms. The van der Waals surface area contributed by atoms with Crippen LogP contribution in [0.1, 0.15) is 11.1 Å². The second kappa shape index (κ2) is 7.64. The van der Waals surface area contributed by atoms with E-state index in [0.29, 0.717) is 5.75 Å². The molecule has 1 atom stereocenters. The lowest BCUT2D eigenvalue weighted by atomic mass is 9.95. The predicted molar refractivity (Wildman–Crippen MR) is 104 cm³/mol. The minimum atomic E-state index is -3.93. The van der Waals surface area contributed by atoms with E-state index in [-0.39, 0.29) is 17.9 Å². The summed E-state index contributed by atoms with van der Waals surface area (Å²) < 4.78 is 34.4. The number of amides is 1. The van der Waals surface area contributed by atoms with Gasteiger partial charge in [0.05, 0.1) is 12.0 Å². The van der Waals surface area contributed by atoms with Gasteiger partial charge in [0.25, 0.3) is 5.91 Å². The molecule has 10 heteroatoms. The van der Waals surface area contributed by atoms with E-state index in [0.717, 1.165) is 11.1 Å². The molecule has 0 aliphatic carbocycles. The van der Waals surface area contributed by atoms with Gasteiger partial charge in [-0.25, -0.2) is 13.1 Å². The first-order valence-electron chi connectivity index (χ1n) is 8.87. The van der Waals surface area contributed by atoms with Gasteiger partial charge in [-0.15, -0.1) is 10.2 Å². The number of hydrogen-bond donors (Lipinski definition) is 1. The third-order valence-electron chi connectivity index (χ3n) is 4.83. The van der Waals surface area contributed by atoms with Gasteiger partial charge >= 0.3 is 0 Å². The second-order valence-electron chi connectivity index (χ2n) is 6.56. The SMILES string of the molecule is COc1ccc(S(=O)(=O)N2Cc3ccccc3CC2C(=O)Nn2cnnc2)cc1. The number of carbonyl (C=O) groups is 1. The van der Waals surface area contributed by atoms with Crippen molar-refractivity contribution in [2.75, 3.05) is 12.5 Å². The fourth-order valence-corrected chi connectivity index (χ4v) is 4.88. The number of aromatic nitrogens is 3. The summed E-state index contributed by atoms with van der Waals surface area (Å²) in [5.41, 5.74) is 4.44. The van der Waals surface area contributed by atoms with Crippen molar-refractivity contribution in [3.63, 3.8) is 0 Å². The number of fused-ring (bicyclic) bond motifs is 1. The van der Waals surface area contributed by atoms with E-state index in [1.807, 2.05) is 24.3 Å². The van der Waals surface area contributed by atoms with Crippen LogP contribution in [0, 0.1) is 0 Å². The highest BCUT2D eigenvalue weighted by atomic mass is 32.2. The average Bonchev–Trinajstić information content (AvgIpc) is 3.25. The van der Waals surface area contributed by atoms with Gasteiger partial charge in [0.15, 0.2) is 0 Å². The molecule has 0 saturated carbocycles. The van der Waals surface area contributed by atoms with Crippen molar-refractivity contribution in [3.05, 3.63) is 72.3 Å². The zero-order valence-corrected chi connectivity index (χ0v) is 16.4. The van der Waals surface area contributed by atoms with Gasteiger partial charge in [0, 0.05) is 6.54 Å². The molecule has 0 spiro atoms. The number of nitrogens with one attached hydrogen (secondary N) is 1. The van der Waals surface area contributed by atoms with Crippen LogP contribution in [0.4, 0.5) is 0 Å². The van der Waals surface area contributed by atoms with Crippen molar-refractivity contribution in [2.24, 2.45) is 0 Å². The van der Waals surface area contributed by atoms with E-state index < -0.39 is 22.0 Å². The van der Waals surface area contributed by atoms with E-state index in [2.05, 4.69) is 15.6 Å². The third-order valence-corrected chi connectivity index (χ3v) is 6.70. The maximum atomic E-state index is 13.4. The van der Waals surface area contributed by atoms with Gasteiger partial charge in [-0.2, -0.15) is 4.31 Å². The molecule has 1 aliphatic heterocycles. The molecule has 4 rings (SSSR count). The maximum Gasteiger partial charge on any atom is 0.257 e. The van der Waals surface area contributed by atoms with Crippen LogP contribution in [0.25, 0.3) is 0 Å². The zero-order chi connectivity index (χ0) is 20.4. The number of ether oxygens (including phenoxy) is 1. The van der Waals surface area contributed by atoms with Gasteiger partial charge in [0.1, 0.15) is 24.4 Å². The van der Waals surface area contributed by atoms with Crippen molar-refractivity contribution in [3.8, 4) is 5.75 Å². The Bertz CT molecular complexity index is 1110. The topological polar surface area (TPSA) is 106 Å². The lowest BCUT2D eigenvalue weighted by Crippen LogP contribution is -2.51. The van der Waals surface area contributed by atoms with E-state index >= 15 is 0 Å². The molecular formula is C19H19N5O4S. The van der Waals surface area contributed by atoms with E-state index in [1.165, 1.54) is 40.9 Å². The van der Waals surface area contributed by atoms with Gasteiger partial charge < -0.3 is 4.74 Å². The Kier molecular flexibility index (Phi) is 5.03. The smallest absolute Gasteiger partial charge is 0.257 e. The van der Waals surface area contributed by atoms with Gasteiger partial charge in [-0.05, 0) is 41.8 Å². The van der Waals surface area contributed by atoms with Crippen LogP contribution in [0.5, 0.6) is 5.75 Å². The second-order valence-corrected chi connectivity index (χ2v) is 8.45. The molecule has 0 saturated heterocycles. The van der Waals surface area contributed by atoms with Crippen LogP contribution in [-0.4, -0.2) is 46.7 Å². The standard InChI is InChI=1S/C19H19N5O4S/c1-28-16-6-8-17(9-7-16)29(26,27)24-11-15-5-3-2-4-14(15)10-18(24)19(25)22-23-12-20-21-13-23/h2-9,12-13,18H,10-11H2,1H3,(H,22,25). The molecule has 3 aromatic rings. The highest BCUT2D eigenvalue weighted by Gasteiger charge is 2.39.